The SMILES string of the molecule is Cc1ccc(C)c(C(=O)CCC(=O)N2CCN(Cc3ccccc3)CC2)c1. The minimum Gasteiger partial charge on any atom is -0.340 e. The Morgan fingerprint density at radius 2 is 1.59 bits per heavy atom. The molecule has 4 nitrogen and oxygen atoms in total. The molecule has 0 atom stereocenters. The fourth-order valence-electron chi connectivity index (χ4n) is 3.55. The molecule has 4 heteroatoms. The van der Waals surface area contributed by atoms with Crippen LogP contribution in [0.25, 0.3) is 0 Å². The van der Waals surface area contributed by atoms with Crippen molar-refractivity contribution in [3.05, 3.63) is 70.8 Å². The molecule has 2 aromatic carbocycles. The van der Waals surface area contributed by atoms with Gasteiger partial charge < -0.3 is 4.90 Å². The number of rotatable bonds is 6. The average molecular weight is 364 g/mol. The highest BCUT2D eigenvalue weighted by molar-refractivity contribution is 5.99. The minimum atomic E-state index is 0.0623. The molecule has 1 heterocycles. The van der Waals surface area contributed by atoms with Gasteiger partial charge in [-0.05, 0) is 31.0 Å². The zero-order valence-electron chi connectivity index (χ0n) is 16.3. The number of carbonyl (C=O) groups excluding carboxylic acids is 2. The molecule has 3 rings (SSSR count). The van der Waals surface area contributed by atoms with Gasteiger partial charge in [-0.1, -0.05) is 48.0 Å². The summed E-state index contributed by atoms with van der Waals surface area (Å²) in [6.07, 6.45) is 0.582. The van der Waals surface area contributed by atoms with Gasteiger partial charge in [-0.25, -0.2) is 0 Å². The van der Waals surface area contributed by atoms with E-state index >= 15 is 0 Å². The number of hydrogen-bond donors (Lipinski definition) is 0. The monoisotopic (exact) mass is 364 g/mol. The van der Waals surface area contributed by atoms with E-state index in [4.69, 9.17) is 0 Å². The third kappa shape index (κ3) is 5.27. The number of carbonyl (C=O) groups is 2. The summed E-state index contributed by atoms with van der Waals surface area (Å²) in [5, 5.41) is 0. The molecule has 0 saturated carbocycles. The second-order valence-electron chi connectivity index (χ2n) is 7.38. The van der Waals surface area contributed by atoms with Crippen LogP contribution in [-0.2, 0) is 11.3 Å². The van der Waals surface area contributed by atoms with Crippen LogP contribution in [0.2, 0.25) is 0 Å². The van der Waals surface area contributed by atoms with Crippen LogP contribution < -0.4 is 0 Å². The van der Waals surface area contributed by atoms with E-state index in [0.717, 1.165) is 49.4 Å². The lowest BCUT2D eigenvalue weighted by Crippen LogP contribution is -2.48. The topological polar surface area (TPSA) is 40.6 Å². The second kappa shape index (κ2) is 8.96. The van der Waals surface area contributed by atoms with E-state index < -0.39 is 0 Å². The molecule has 0 aromatic heterocycles. The predicted octanol–water partition coefficient (Wildman–Crippen LogP) is 3.61. The molecule has 0 bridgehead atoms. The van der Waals surface area contributed by atoms with E-state index in [9.17, 15) is 9.59 Å². The molecule has 2 aromatic rings. The van der Waals surface area contributed by atoms with Gasteiger partial charge in [0, 0.05) is 51.1 Å². The molecule has 1 fully saturated rings. The summed E-state index contributed by atoms with van der Waals surface area (Å²) in [5.74, 6) is 0.153. The van der Waals surface area contributed by atoms with Gasteiger partial charge in [0.05, 0.1) is 0 Å². The standard InChI is InChI=1S/C23H28N2O2/c1-18-8-9-19(2)21(16-18)22(26)10-11-23(27)25-14-12-24(13-15-25)17-20-6-4-3-5-7-20/h3-9,16H,10-15,17H2,1-2H3. The van der Waals surface area contributed by atoms with Crippen molar-refractivity contribution < 1.29 is 9.59 Å². The molecule has 142 valence electrons. The summed E-state index contributed by atoms with van der Waals surface area (Å²) in [5.41, 5.74) is 4.10. The second-order valence-corrected chi connectivity index (χ2v) is 7.38. The van der Waals surface area contributed by atoms with Gasteiger partial charge in [-0.3, -0.25) is 14.5 Å². The van der Waals surface area contributed by atoms with Crippen LogP contribution in [-0.4, -0.2) is 47.7 Å². The molecule has 1 amide bonds. The van der Waals surface area contributed by atoms with Crippen molar-refractivity contribution in [3.8, 4) is 0 Å². The fourth-order valence-corrected chi connectivity index (χ4v) is 3.55. The minimum absolute atomic E-state index is 0.0623. The first-order valence-electron chi connectivity index (χ1n) is 9.67. The summed E-state index contributed by atoms with van der Waals surface area (Å²) in [7, 11) is 0. The van der Waals surface area contributed by atoms with Gasteiger partial charge in [0.15, 0.2) is 5.78 Å². The Morgan fingerprint density at radius 1 is 0.889 bits per heavy atom. The maximum Gasteiger partial charge on any atom is 0.223 e. The van der Waals surface area contributed by atoms with Crippen molar-refractivity contribution in [2.45, 2.75) is 33.2 Å². The number of piperazine rings is 1. The van der Waals surface area contributed by atoms with Gasteiger partial charge in [-0.2, -0.15) is 0 Å². The van der Waals surface area contributed by atoms with Crippen molar-refractivity contribution in [3.63, 3.8) is 0 Å². The highest BCUT2D eigenvalue weighted by Gasteiger charge is 2.22. The van der Waals surface area contributed by atoms with E-state index in [1.165, 1.54) is 5.56 Å². The molecular formula is C23H28N2O2. The molecule has 1 saturated heterocycles. The zero-order valence-corrected chi connectivity index (χ0v) is 16.3. The Morgan fingerprint density at radius 3 is 2.30 bits per heavy atom. The third-order valence-electron chi connectivity index (χ3n) is 5.23. The number of amides is 1. The first kappa shape index (κ1) is 19.3. The third-order valence-corrected chi connectivity index (χ3v) is 5.23. The van der Waals surface area contributed by atoms with Gasteiger partial charge >= 0.3 is 0 Å². The molecule has 0 N–H and O–H groups in total. The Labute approximate surface area is 161 Å². The van der Waals surface area contributed by atoms with Gasteiger partial charge in [-0.15, -0.1) is 0 Å². The van der Waals surface area contributed by atoms with Crippen LogP contribution in [0.15, 0.2) is 48.5 Å². The fraction of sp³-hybridized carbons (Fsp3) is 0.391. The van der Waals surface area contributed by atoms with Crippen molar-refractivity contribution in [2.75, 3.05) is 26.2 Å². The van der Waals surface area contributed by atoms with Crippen molar-refractivity contribution in [1.82, 2.24) is 9.80 Å². The zero-order chi connectivity index (χ0) is 19.2. The van der Waals surface area contributed by atoms with Crippen LogP contribution in [0, 0.1) is 13.8 Å². The number of Topliss-reactive ketones (excluding diaryl/α,β-unsaturated/α-hetero) is 1. The molecule has 27 heavy (non-hydrogen) atoms. The lowest BCUT2D eigenvalue weighted by atomic mass is 9.99. The number of benzene rings is 2. The van der Waals surface area contributed by atoms with Crippen molar-refractivity contribution in [2.24, 2.45) is 0 Å². The highest BCUT2D eigenvalue weighted by Crippen LogP contribution is 2.15. The van der Waals surface area contributed by atoms with E-state index in [1.807, 2.05) is 43.0 Å². The van der Waals surface area contributed by atoms with Crippen LogP contribution in [0.5, 0.6) is 0 Å². The number of hydrogen-bond acceptors (Lipinski definition) is 3. The van der Waals surface area contributed by atoms with E-state index in [1.54, 1.807) is 0 Å². The first-order valence-corrected chi connectivity index (χ1v) is 9.67. The van der Waals surface area contributed by atoms with Gasteiger partial charge in [0.2, 0.25) is 5.91 Å². The summed E-state index contributed by atoms with van der Waals surface area (Å²) in [4.78, 5) is 29.3. The van der Waals surface area contributed by atoms with E-state index in [2.05, 4.69) is 29.2 Å². The van der Waals surface area contributed by atoms with Crippen molar-refractivity contribution >= 4 is 11.7 Å². The molecule has 1 aliphatic rings. The number of nitrogens with zero attached hydrogens (tertiary/aromatic N) is 2. The summed E-state index contributed by atoms with van der Waals surface area (Å²) >= 11 is 0. The molecule has 0 aliphatic carbocycles. The van der Waals surface area contributed by atoms with Crippen LogP contribution in [0.1, 0.15) is 39.9 Å². The Bertz CT molecular complexity index is 793. The van der Waals surface area contributed by atoms with Crippen molar-refractivity contribution in [1.29, 1.82) is 0 Å². The molecule has 0 spiro atoms. The Balaban J connectivity index is 1.45. The van der Waals surface area contributed by atoms with Gasteiger partial charge in [0.1, 0.15) is 0 Å². The molecular weight excluding hydrogens is 336 g/mol. The smallest absolute Gasteiger partial charge is 0.223 e. The predicted molar refractivity (Wildman–Crippen MR) is 108 cm³/mol. The van der Waals surface area contributed by atoms with E-state index in [-0.39, 0.29) is 18.1 Å². The van der Waals surface area contributed by atoms with E-state index in [0.29, 0.717) is 6.42 Å². The molecule has 0 unspecified atom stereocenters. The Hall–Kier alpha value is -2.46. The van der Waals surface area contributed by atoms with Crippen LogP contribution >= 0.6 is 0 Å². The normalized spacial score (nSPS) is 15.0. The quantitative estimate of drug-likeness (QED) is 0.735. The lowest BCUT2D eigenvalue weighted by molar-refractivity contribution is -0.132. The summed E-state index contributed by atoms with van der Waals surface area (Å²) < 4.78 is 0. The van der Waals surface area contributed by atoms with Crippen LogP contribution in [0.3, 0.4) is 0 Å². The first-order chi connectivity index (χ1) is 13.0. The molecule has 0 radical (unpaired) electrons. The molecule has 1 aliphatic heterocycles. The average Bonchev–Trinajstić information content (AvgIpc) is 2.69. The maximum absolute atomic E-state index is 12.5. The highest BCUT2D eigenvalue weighted by atomic mass is 16.2. The largest absolute Gasteiger partial charge is 0.340 e. The number of aryl methyl sites for hydroxylation is 2. The lowest BCUT2D eigenvalue weighted by Gasteiger charge is -2.34. The summed E-state index contributed by atoms with van der Waals surface area (Å²) in [6.45, 7) is 8.09. The summed E-state index contributed by atoms with van der Waals surface area (Å²) in [6, 6.07) is 16.3. The van der Waals surface area contributed by atoms with Gasteiger partial charge in [0.25, 0.3) is 0 Å². The number of ketones is 1. The van der Waals surface area contributed by atoms with Crippen LogP contribution in [0.4, 0.5) is 0 Å². The maximum atomic E-state index is 12.5. The Kier molecular flexibility index (Phi) is 6.40.